The molecule has 0 spiro atoms. The third-order valence-corrected chi connectivity index (χ3v) is 2.73. The van der Waals surface area contributed by atoms with E-state index in [9.17, 15) is 4.79 Å². The average Bonchev–Trinajstić information content (AvgIpc) is 2.30. The largest absolute Gasteiger partial charge is 0.297 e. The summed E-state index contributed by atoms with van der Waals surface area (Å²) in [4.78, 5) is 10.9. The summed E-state index contributed by atoms with van der Waals surface area (Å²) in [5.74, 6) is 0.849. The highest BCUT2D eigenvalue weighted by Gasteiger charge is 2.48. The van der Waals surface area contributed by atoms with Crippen LogP contribution in [0.4, 0.5) is 0 Å². The number of allylic oxidation sites excluding steroid dienone is 2. The number of alkyl halides is 1. The molecule has 0 saturated heterocycles. The highest BCUT2D eigenvalue weighted by Crippen LogP contribution is 2.42. The van der Waals surface area contributed by atoms with E-state index in [-0.39, 0.29) is 17.1 Å². The molecule has 1 fully saturated rings. The molecule has 3 atom stereocenters. The first-order valence-corrected chi connectivity index (χ1v) is 3.59. The van der Waals surface area contributed by atoms with Crippen LogP contribution in [-0.4, -0.2) is 11.2 Å². The molecule has 0 radical (unpaired) electrons. The Bertz CT molecular complexity index is 185. The summed E-state index contributed by atoms with van der Waals surface area (Å²) in [5.41, 5.74) is 0. The lowest BCUT2D eigenvalue weighted by molar-refractivity contribution is -0.130. The molecule has 2 rings (SSSR count). The molecule has 1 nitrogen and oxygen atoms in total. The SMILES string of the molecule is O=C1[C@H](Cl)[C@H]2CC=C[C@@H]12. The summed E-state index contributed by atoms with van der Waals surface area (Å²) < 4.78 is 0. The molecule has 0 bridgehead atoms. The van der Waals surface area contributed by atoms with Gasteiger partial charge < -0.3 is 0 Å². The van der Waals surface area contributed by atoms with Crippen LogP contribution in [-0.2, 0) is 4.79 Å². The van der Waals surface area contributed by atoms with Crippen molar-refractivity contribution in [1.82, 2.24) is 0 Å². The Morgan fingerprint density at radius 1 is 1.67 bits per heavy atom. The molecule has 2 aliphatic carbocycles. The molecule has 2 heteroatoms. The van der Waals surface area contributed by atoms with Crippen molar-refractivity contribution in [2.24, 2.45) is 11.8 Å². The van der Waals surface area contributed by atoms with E-state index in [1.165, 1.54) is 0 Å². The normalized spacial score (nSPS) is 46.8. The predicted octanol–water partition coefficient (Wildman–Crippen LogP) is 1.37. The van der Waals surface area contributed by atoms with Gasteiger partial charge in [0.2, 0.25) is 0 Å². The van der Waals surface area contributed by atoms with E-state index in [2.05, 4.69) is 6.08 Å². The van der Waals surface area contributed by atoms with Crippen molar-refractivity contribution in [3.8, 4) is 0 Å². The molecule has 1 saturated carbocycles. The minimum absolute atomic E-state index is 0.176. The van der Waals surface area contributed by atoms with Crippen LogP contribution in [0.2, 0.25) is 0 Å². The third kappa shape index (κ3) is 0.531. The molecule has 0 aromatic rings. The highest BCUT2D eigenvalue weighted by molar-refractivity contribution is 6.34. The minimum atomic E-state index is -0.176. The van der Waals surface area contributed by atoms with Gasteiger partial charge in [0.25, 0.3) is 0 Å². The summed E-state index contributed by atoms with van der Waals surface area (Å²) in [6.45, 7) is 0. The maximum Gasteiger partial charge on any atom is 0.158 e. The van der Waals surface area contributed by atoms with Gasteiger partial charge in [0.1, 0.15) is 0 Å². The Kier molecular flexibility index (Phi) is 0.974. The zero-order valence-electron chi connectivity index (χ0n) is 4.88. The van der Waals surface area contributed by atoms with Crippen LogP contribution in [0, 0.1) is 11.8 Å². The third-order valence-electron chi connectivity index (χ3n) is 2.19. The van der Waals surface area contributed by atoms with E-state index < -0.39 is 0 Å². The van der Waals surface area contributed by atoms with Crippen LogP contribution < -0.4 is 0 Å². The summed E-state index contributed by atoms with van der Waals surface area (Å²) in [7, 11) is 0. The maximum atomic E-state index is 10.9. The van der Waals surface area contributed by atoms with E-state index in [1.54, 1.807) is 0 Å². The van der Waals surface area contributed by atoms with Gasteiger partial charge >= 0.3 is 0 Å². The monoisotopic (exact) mass is 142 g/mol. The van der Waals surface area contributed by atoms with Crippen molar-refractivity contribution in [1.29, 1.82) is 0 Å². The number of hydrogen-bond acceptors (Lipinski definition) is 1. The van der Waals surface area contributed by atoms with Crippen molar-refractivity contribution in [3.05, 3.63) is 12.2 Å². The van der Waals surface area contributed by atoms with Gasteiger partial charge in [-0.25, -0.2) is 0 Å². The zero-order valence-corrected chi connectivity index (χ0v) is 5.64. The molecular formula is C7H7ClO. The average molecular weight is 143 g/mol. The first-order valence-electron chi connectivity index (χ1n) is 3.15. The molecule has 0 aliphatic heterocycles. The summed E-state index contributed by atoms with van der Waals surface area (Å²) in [6, 6.07) is 0. The number of Topliss-reactive ketones (excluding diaryl/α,β-unsaturated/α-hetero) is 1. The van der Waals surface area contributed by atoms with E-state index in [0.29, 0.717) is 5.92 Å². The molecule has 0 aromatic carbocycles. The summed E-state index contributed by atoms with van der Waals surface area (Å²) in [5, 5.41) is -0.176. The summed E-state index contributed by atoms with van der Waals surface area (Å²) in [6.07, 6.45) is 5.03. The first kappa shape index (κ1) is 5.48. The topological polar surface area (TPSA) is 17.1 Å². The molecule has 2 aliphatic rings. The van der Waals surface area contributed by atoms with Gasteiger partial charge in [-0.2, -0.15) is 0 Å². The Hall–Kier alpha value is -0.300. The fourth-order valence-corrected chi connectivity index (χ4v) is 1.96. The van der Waals surface area contributed by atoms with Gasteiger partial charge in [0, 0.05) is 5.92 Å². The van der Waals surface area contributed by atoms with Gasteiger partial charge in [-0.15, -0.1) is 11.6 Å². The number of fused-ring (bicyclic) bond motifs is 1. The van der Waals surface area contributed by atoms with Crippen LogP contribution >= 0.6 is 11.6 Å². The van der Waals surface area contributed by atoms with Gasteiger partial charge in [-0.05, 0) is 12.3 Å². The second-order valence-corrected chi connectivity index (χ2v) is 3.13. The Balaban J connectivity index is 2.21. The van der Waals surface area contributed by atoms with Crippen molar-refractivity contribution < 1.29 is 4.79 Å². The number of rotatable bonds is 0. The second-order valence-electron chi connectivity index (χ2n) is 2.66. The van der Waals surface area contributed by atoms with Gasteiger partial charge in [-0.1, -0.05) is 12.2 Å². The van der Waals surface area contributed by atoms with Crippen LogP contribution in [0.5, 0.6) is 0 Å². The molecule has 0 N–H and O–H groups in total. The first-order chi connectivity index (χ1) is 4.30. The molecule has 48 valence electrons. The van der Waals surface area contributed by atoms with Crippen LogP contribution in [0.15, 0.2) is 12.2 Å². The quantitative estimate of drug-likeness (QED) is 0.369. The number of hydrogen-bond donors (Lipinski definition) is 0. The molecule has 0 unspecified atom stereocenters. The molecule has 0 heterocycles. The van der Waals surface area contributed by atoms with Crippen molar-refractivity contribution in [3.63, 3.8) is 0 Å². The standard InChI is InChI=1S/C7H7ClO/c8-6-4-2-1-3-5(4)7(6)9/h1,3-6H,2H2/t4-,5+,6+/m0/s1. The lowest BCUT2D eigenvalue weighted by Crippen LogP contribution is -2.45. The molecule has 9 heavy (non-hydrogen) atoms. The fraction of sp³-hybridized carbons (Fsp3) is 0.571. The molecular weight excluding hydrogens is 136 g/mol. The molecule has 0 aromatic heterocycles. The number of halogens is 1. The zero-order chi connectivity index (χ0) is 6.43. The van der Waals surface area contributed by atoms with Crippen LogP contribution in [0.1, 0.15) is 6.42 Å². The van der Waals surface area contributed by atoms with Crippen molar-refractivity contribution in [2.45, 2.75) is 11.8 Å². The van der Waals surface area contributed by atoms with E-state index in [4.69, 9.17) is 11.6 Å². The number of carbonyl (C=O) groups is 1. The smallest absolute Gasteiger partial charge is 0.158 e. The van der Waals surface area contributed by atoms with Crippen LogP contribution in [0.25, 0.3) is 0 Å². The van der Waals surface area contributed by atoms with Crippen LogP contribution in [0.3, 0.4) is 0 Å². The molecule has 0 amide bonds. The Morgan fingerprint density at radius 2 is 2.44 bits per heavy atom. The van der Waals surface area contributed by atoms with Gasteiger partial charge in [0.05, 0.1) is 5.38 Å². The fourth-order valence-electron chi connectivity index (χ4n) is 1.56. The van der Waals surface area contributed by atoms with Crippen molar-refractivity contribution in [2.75, 3.05) is 0 Å². The lowest BCUT2D eigenvalue weighted by atomic mass is 9.74. The predicted molar refractivity (Wildman–Crippen MR) is 35.4 cm³/mol. The maximum absolute atomic E-state index is 10.9. The highest BCUT2D eigenvalue weighted by atomic mass is 35.5. The minimum Gasteiger partial charge on any atom is -0.297 e. The summed E-state index contributed by atoms with van der Waals surface area (Å²) >= 11 is 5.71. The van der Waals surface area contributed by atoms with Gasteiger partial charge in [0.15, 0.2) is 5.78 Å². The van der Waals surface area contributed by atoms with E-state index in [0.717, 1.165) is 6.42 Å². The number of carbonyl (C=O) groups excluding carboxylic acids is 1. The van der Waals surface area contributed by atoms with Gasteiger partial charge in [-0.3, -0.25) is 4.79 Å². The second kappa shape index (κ2) is 1.60. The lowest BCUT2D eigenvalue weighted by Gasteiger charge is -2.33. The number of ketones is 1. The Labute approximate surface area is 58.7 Å². The van der Waals surface area contributed by atoms with Crippen molar-refractivity contribution >= 4 is 17.4 Å². The Morgan fingerprint density at radius 3 is 3.11 bits per heavy atom. The van der Waals surface area contributed by atoms with E-state index in [1.807, 2.05) is 6.08 Å². The van der Waals surface area contributed by atoms with E-state index >= 15 is 0 Å².